The minimum atomic E-state index is -4.07. The van der Waals surface area contributed by atoms with Gasteiger partial charge in [-0.3, -0.25) is 4.79 Å². The van der Waals surface area contributed by atoms with Crippen LogP contribution < -0.4 is 29.0 Å². The highest BCUT2D eigenvalue weighted by Crippen LogP contribution is 2.30. The molecule has 3 aromatic carbocycles. The van der Waals surface area contributed by atoms with E-state index in [-0.39, 0.29) is 23.6 Å². The van der Waals surface area contributed by atoms with Crippen molar-refractivity contribution >= 4 is 15.9 Å². The molecule has 36 heavy (non-hydrogen) atoms. The van der Waals surface area contributed by atoms with E-state index < -0.39 is 22.0 Å². The van der Waals surface area contributed by atoms with E-state index >= 15 is 0 Å². The summed E-state index contributed by atoms with van der Waals surface area (Å²) in [6.45, 7) is 0.169. The average molecular weight is 515 g/mol. The van der Waals surface area contributed by atoms with Crippen molar-refractivity contribution in [2.24, 2.45) is 0 Å². The molecule has 0 radical (unpaired) electrons. The van der Waals surface area contributed by atoms with Crippen molar-refractivity contribution in [2.45, 2.75) is 23.9 Å². The number of ether oxygens (including phenoxy) is 4. The van der Waals surface area contributed by atoms with Gasteiger partial charge in [-0.2, -0.15) is 4.72 Å². The van der Waals surface area contributed by atoms with Crippen molar-refractivity contribution in [3.8, 4) is 23.0 Å². The molecule has 1 amide bonds. The second kappa shape index (κ2) is 12.3. The molecular formula is C26H30N2O7S. The highest BCUT2D eigenvalue weighted by Gasteiger charge is 2.27. The molecule has 0 saturated carbocycles. The van der Waals surface area contributed by atoms with Gasteiger partial charge in [-0.25, -0.2) is 8.42 Å². The molecule has 0 bridgehead atoms. The van der Waals surface area contributed by atoms with Crippen LogP contribution in [0.25, 0.3) is 0 Å². The fourth-order valence-corrected chi connectivity index (χ4v) is 4.79. The molecular weight excluding hydrogens is 484 g/mol. The molecule has 0 aromatic heterocycles. The minimum absolute atomic E-state index is 0.0501. The predicted octanol–water partition coefficient (Wildman–Crippen LogP) is 2.93. The molecule has 1 atom stereocenters. The molecule has 0 aliphatic rings. The maximum absolute atomic E-state index is 13.2. The zero-order valence-corrected chi connectivity index (χ0v) is 21.4. The standard InChI is InChI=1S/C26H30N2O7S/c1-32-22-12-10-19(15-24(22)34-3)17-27-26(29)21(14-18-8-6-5-7-9-18)28-36(30,31)20-11-13-23(33-2)25(16-20)35-4/h5-13,15-16,21,28H,14,17H2,1-4H3,(H,27,29)/t21-/m1/s1. The van der Waals surface area contributed by atoms with Gasteiger partial charge in [0.2, 0.25) is 15.9 Å². The normalized spacial score (nSPS) is 11.9. The summed E-state index contributed by atoms with van der Waals surface area (Å²) in [7, 11) is 1.88. The van der Waals surface area contributed by atoms with Gasteiger partial charge in [-0.15, -0.1) is 0 Å². The van der Waals surface area contributed by atoms with Gasteiger partial charge < -0.3 is 24.3 Å². The van der Waals surface area contributed by atoms with Crippen molar-refractivity contribution in [3.05, 3.63) is 77.9 Å². The van der Waals surface area contributed by atoms with Crippen molar-refractivity contribution in [3.63, 3.8) is 0 Å². The summed E-state index contributed by atoms with van der Waals surface area (Å²) in [6, 6.07) is 17.6. The highest BCUT2D eigenvalue weighted by molar-refractivity contribution is 7.89. The van der Waals surface area contributed by atoms with Crippen molar-refractivity contribution in [1.29, 1.82) is 0 Å². The summed E-state index contributed by atoms with van der Waals surface area (Å²) in [5.41, 5.74) is 1.57. The van der Waals surface area contributed by atoms with E-state index in [2.05, 4.69) is 10.0 Å². The van der Waals surface area contributed by atoms with Crippen LogP contribution in [0.1, 0.15) is 11.1 Å². The predicted molar refractivity (Wildman–Crippen MR) is 135 cm³/mol. The molecule has 0 fully saturated rings. The van der Waals surface area contributed by atoms with E-state index in [0.29, 0.717) is 17.2 Å². The van der Waals surface area contributed by atoms with Gasteiger partial charge in [0.25, 0.3) is 0 Å². The fourth-order valence-electron chi connectivity index (χ4n) is 3.58. The topological polar surface area (TPSA) is 112 Å². The summed E-state index contributed by atoms with van der Waals surface area (Å²) in [5.74, 6) is 1.27. The first-order chi connectivity index (χ1) is 17.3. The number of rotatable bonds is 12. The number of methoxy groups -OCH3 is 4. The summed E-state index contributed by atoms with van der Waals surface area (Å²) >= 11 is 0. The average Bonchev–Trinajstić information content (AvgIpc) is 2.91. The van der Waals surface area contributed by atoms with E-state index in [1.165, 1.54) is 46.6 Å². The number of amides is 1. The van der Waals surface area contributed by atoms with E-state index in [9.17, 15) is 13.2 Å². The monoisotopic (exact) mass is 514 g/mol. The summed E-state index contributed by atoms with van der Waals surface area (Å²) in [6.07, 6.45) is 0.158. The maximum Gasteiger partial charge on any atom is 0.241 e. The summed E-state index contributed by atoms with van der Waals surface area (Å²) < 4.78 is 49.9. The van der Waals surface area contributed by atoms with Crippen LogP contribution in [0.15, 0.2) is 71.6 Å². The molecule has 0 saturated heterocycles. The molecule has 9 nitrogen and oxygen atoms in total. The Morgan fingerprint density at radius 2 is 1.33 bits per heavy atom. The third-order valence-corrected chi connectivity index (χ3v) is 6.95. The Labute approximate surface area is 211 Å². The Hall–Kier alpha value is -3.76. The second-order valence-corrected chi connectivity index (χ2v) is 9.50. The van der Waals surface area contributed by atoms with Crippen LogP contribution in [0.3, 0.4) is 0 Å². The number of sulfonamides is 1. The van der Waals surface area contributed by atoms with Gasteiger partial charge in [0, 0.05) is 12.6 Å². The molecule has 0 aliphatic carbocycles. The SMILES string of the molecule is COc1ccc(CNC(=O)[C@@H](Cc2ccccc2)NS(=O)(=O)c2ccc(OC)c(OC)c2)cc1OC. The first-order valence-corrected chi connectivity index (χ1v) is 12.6. The third kappa shape index (κ3) is 6.67. The number of hydrogen-bond donors (Lipinski definition) is 2. The van der Waals surface area contributed by atoms with Crippen LogP contribution in [0.5, 0.6) is 23.0 Å². The molecule has 10 heteroatoms. The molecule has 0 heterocycles. The van der Waals surface area contributed by atoms with E-state index in [0.717, 1.165) is 11.1 Å². The Morgan fingerprint density at radius 1 is 0.750 bits per heavy atom. The van der Waals surface area contributed by atoms with Crippen LogP contribution in [0, 0.1) is 0 Å². The molecule has 0 aliphatic heterocycles. The Morgan fingerprint density at radius 3 is 1.94 bits per heavy atom. The maximum atomic E-state index is 13.2. The van der Waals surface area contributed by atoms with Gasteiger partial charge in [0.15, 0.2) is 23.0 Å². The number of carbonyl (C=O) groups excluding carboxylic acids is 1. The lowest BCUT2D eigenvalue weighted by atomic mass is 10.1. The zero-order valence-electron chi connectivity index (χ0n) is 20.6. The van der Waals surface area contributed by atoms with E-state index in [4.69, 9.17) is 18.9 Å². The van der Waals surface area contributed by atoms with Crippen LogP contribution in [-0.2, 0) is 27.8 Å². The molecule has 3 aromatic rings. The summed E-state index contributed by atoms with van der Waals surface area (Å²) in [5, 5.41) is 2.82. The Bertz CT molecular complexity index is 1280. The number of benzene rings is 3. The molecule has 2 N–H and O–H groups in total. The van der Waals surface area contributed by atoms with Crippen molar-refractivity contribution in [2.75, 3.05) is 28.4 Å². The number of hydrogen-bond acceptors (Lipinski definition) is 7. The second-order valence-electron chi connectivity index (χ2n) is 7.79. The van der Waals surface area contributed by atoms with E-state index in [1.54, 1.807) is 18.2 Å². The lowest BCUT2D eigenvalue weighted by molar-refractivity contribution is -0.122. The number of carbonyl (C=O) groups is 1. The lowest BCUT2D eigenvalue weighted by Gasteiger charge is -2.19. The smallest absolute Gasteiger partial charge is 0.241 e. The quantitative estimate of drug-likeness (QED) is 0.382. The minimum Gasteiger partial charge on any atom is -0.493 e. The van der Waals surface area contributed by atoms with Gasteiger partial charge >= 0.3 is 0 Å². The van der Waals surface area contributed by atoms with Crippen LogP contribution in [0.4, 0.5) is 0 Å². The largest absolute Gasteiger partial charge is 0.493 e. The third-order valence-electron chi connectivity index (χ3n) is 5.48. The molecule has 3 rings (SSSR count). The Kier molecular flexibility index (Phi) is 9.15. The molecule has 0 unspecified atom stereocenters. The Balaban J connectivity index is 1.83. The zero-order chi connectivity index (χ0) is 26.1. The summed E-state index contributed by atoms with van der Waals surface area (Å²) in [4.78, 5) is 13.1. The van der Waals surface area contributed by atoms with Gasteiger partial charge in [0.1, 0.15) is 6.04 Å². The highest BCUT2D eigenvalue weighted by atomic mass is 32.2. The van der Waals surface area contributed by atoms with Gasteiger partial charge in [0.05, 0.1) is 33.3 Å². The van der Waals surface area contributed by atoms with Crippen molar-refractivity contribution in [1.82, 2.24) is 10.0 Å². The van der Waals surface area contributed by atoms with Crippen molar-refractivity contribution < 1.29 is 32.2 Å². The van der Waals surface area contributed by atoms with E-state index in [1.807, 2.05) is 30.3 Å². The van der Waals surface area contributed by atoms with Crippen LogP contribution >= 0.6 is 0 Å². The van der Waals surface area contributed by atoms with Crippen LogP contribution in [0.2, 0.25) is 0 Å². The lowest BCUT2D eigenvalue weighted by Crippen LogP contribution is -2.47. The molecule has 0 spiro atoms. The first-order valence-electron chi connectivity index (χ1n) is 11.1. The van der Waals surface area contributed by atoms with Crippen LogP contribution in [-0.4, -0.2) is 48.8 Å². The first kappa shape index (κ1) is 26.8. The van der Waals surface area contributed by atoms with Gasteiger partial charge in [-0.05, 0) is 41.8 Å². The van der Waals surface area contributed by atoms with Gasteiger partial charge in [-0.1, -0.05) is 36.4 Å². The molecule has 192 valence electrons. The number of nitrogens with one attached hydrogen (secondary N) is 2. The fraction of sp³-hybridized carbons (Fsp3) is 0.269.